The smallest absolute Gasteiger partial charge is 0.264 e. The Bertz CT molecular complexity index is 1060. The fourth-order valence-electron chi connectivity index (χ4n) is 3.82. The molecule has 0 unspecified atom stereocenters. The molecule has 1 N–H and O–H groups in total. The van der Waals surface area contributed by atoms with Gasteiger partial charge in [0, 0.05) is 6.54 Å². The molecule has 7 heteroatoms. The number of nitrogens with zero attached hydrogens (tertiary/aromatic N) is 1. The summed E-state index contributed by atoms with van der Waals surface area (Å²) in [5.41, 5.74) is 2.59. The molecule has 0 radical (unpaired) electrons. The third-order valence-electron chi connectivity index (χ3n) is 5.48. The molecular weight excluding hydrogens is 400 g/mol. The molecule has 2 aromatic carbocycles. The van der Waals surface area contributed by atoms with E-state index < -0.39 is 16.1 Å². The maximum Gasteiger partial charge on any atom is 0.264 e. The van der Waals surface area contributed by atoms with E-state index in [0.29, 0.717) is 18.0 Å². The van der Waals surface area contributed by atoms with Gasteiger partial charge in [0.2, 0.25) is 0 Å². The van der Waals surface area contributed by atoms with Crippen LogP contribution in [0.2, 0.25) is 0 Å². The number of aryl methyl sites for hydroxylation is 1. The van der Waals surface area contributed by atoms with Crippen molar-refractivity contribution in [1.82, 2.24) is 5.32 Å². The number of sulfonamides is 1. The standard InChI is InChI=1S/C23H26N2O4S/c1-17-12-13-21-20(14-17)25(30(27,28)19-10-6-3-7-11-19)16-22(29-21)23(26)24-15-18-8-4-2-5-9-18/h3,6-8,10-14,22H,2,4-5,9,15-16H2,1H3,(H,24,26)/t22-/m0/s1. The van der Waals surface area contributed by atoms with Crippen molar-refractivity contribution in [3.05, 3.63) is 65.7 Å². The van der Waals surface area contributed by atoms with Gasteiger partial charge >= 0.3 is 0 Å². The third kappa shape index (κ3) is 4.21. The van der Waals surface area contributed by atoms with E-state index in [9.17, 15) is 13.2 Å². The van der Waals surface area contributed by atoms with E-state index in [1.54, 1.807) is 42.5 Å². The summed E-state index contributed by atoms with van der Waals surface area (Å²) >= 11 is 0. The summed E-state index contributed by atoms with van der Waals surface area (Å²) in [4.78, 5) is 13.0. The number of carbonyl (C=O) groups is 1. The summed E-state index contributed by atoms with van der Waals surface area (Å²) in [5.74, 6) is 0.0874. The summed E-state index contributed by atoms with van der Waals surface area (Å²) in [6, 6.07) is 13.6. The van der Waals surface area contributed by atoms with E-state index in [-0.39, 0.29) is 17.3 Å². The Hall–Kier alpha value is -2.80. The van der Waals surface area contributed by atoms with Crippen molar-refractivity contribution in [3.8, 4) is 5.75 Å². The zero-order valence-electron chi connectivity index (χ0n) is 17.0. The SMILES string of the molecule is Cc1ccc2c(c1)N(S(=O)(=O)c1ccccc1)C[C@@H](C(=O)NCC1=CCCCC1)O2. The van der Waals surface area contributed by atoms with E-state index in [1.807, 2.05) is 13.0 Å². The molecular formula is C23H26N2O4S. The maximum atomic E-state index is 13.4. The number of amides is 1. The molecule has 1 atom stereocenters. The molecule has 0 saturated carbocycles. The molecule has 1 aliphatic heterocycles. The second-order valence-electron chi connectivity index (χ2n) is 7.75. The topological polar surface area (TPSA) is 75.7 Å². The van der Waals surface area contributed by atoms with Gasteiger partial charge in [-0.2, -0.15) is 0 Å². The van der Waals surface area contributed by atoms with Crippen LogP contribution in [0.15, 0.2) is 65.1 Å². The number of fused-ring (bicyclic) bond motifs is 1. The van der Waals surface area contributed by atoms with Crippen LogP contribution in [0.4, 0.5) is 5.69 Å². The number of anilines is 1. The zero-order valence-corrected chi connectivity index (χ0v) is 17.8. The number of ether oxygens (including phenoxy) is 1. The molecule has 158 valence electrons. The summed E-state index contributed by atoms with van der Waals surface area (Å²) in [6.45, 7) is 2.30. The Kier molecular flexibility index (Phi) is 5.81. The molecule has 1 heterocycles. The lowest BCUT2D eigenvalue weighted by Gasteiger charge is -2.35. The number of hydrogen-bond donors (Lipinski definition) is 1. The molecule has 0 spiro atoms. The monoisotopic (exact) mass is 426 g/mol. The predicted molar refractivity (Wildman–Crippen MR) is 116 cm³/mol. The first kappa shape index (κ1) is 20.5. The molecule has 1 aliphatic carbocycles. The van der Waals surface area contributed by atoms with Gasteiger partial charge < -0.3 is 10.1 Å². The number of hydrogen-bond acceptors (Lipinski definition) is 4. The van der Waals surface area contributed by atoms with Crippen LogP contribution >= 0.6 is 0 Å². The van der Waals surface area contributed by atoms with Crippen LogP contribution in [0.3, 0.4) is 0 Å². The minimum absolute atomic E-state index is 0.0709. The molecule has 6 nitrogen and oxygen atoms in total. The van der Waals surface area contributed by atoms with E-state index in [1.165, 1.54) is 16.3 Å². The van der Waals surface area contributed by atoms with Crippen molar-refractivity contribution in [2.24, 2.45) is 0 Å². The lowest BCUT2D eigenvalue weighted by Crippen LogP contribution is -2.51. The molecule has 1 amide bonds. The van der Waals surface area contributed by atoms with Crippen LogP contribution < -0.4 is 14.4 Å². The number of carbonyl (C=O) groups excluding carboxylic acids is 1. The van der Waals surface area contributed by atoms with E-state index in [0.717, 1.165) is 24.8 Å². The van der Waals surface area contributed by atoms with Gasteiger partial charge in [0.15, 0.2) is 6.10 Å². The largest absolute Gasteiger partial charge is 0.476 e. The Morgan fingerprint density at radius 3 is 2.70 bits per heavy atom. The van der Waals surface area contributed by atoms with Crippen LogP contribution in [-0.2, 0) is 14.8 Å². The Morgan fingerprint density at radius 2 is 1.97 bits per heavy atom. The molecule has 30 heavy (non-hydrogen) atoms. The highest BCUT2D eigenvalue weighted by molar-refractivity contribution is 7.92. The van der Waals surface area contributed by atoms with Gasteiger partial charge in [-0.3, -0.25) is 9.10 Å². The molecule has 0 saturated heterocycles. The average molecular weight is 427 g/mol. The number of benzene rings is 2. The maximum absolute atomic E-state index is 13.4. The summed E-state index contributed by atoms with van der Waals surface area (Å²) in [6.07, 6.45) is 5.62. The lowest BCUT2D eigenvalue weighted by molar-refractivity contribution is -0.127. The first-order chi connectivity index (χ1) is 14.4. The van der Waals surface area contributed by atoms with Gasteiger partial charge in [0.05, 0.1) is 17.1 Å². The fourth-order valence-corrected chi connectivity index (χ4v) is 5.31. The normalized spacial score (nSPS) is 18.8. The number of allylic oxidation sites excluding steroid dienone is 1. The summed E-state index contributed by atoms with van der Waals surface area (Å²) in [7, 11) is -3.83. The minimum Gasteiger partial charge on any atom is -0.476 e. The summed E-state index contributed by atoms with van der Waals surface area (Å²) < 4.78 is 33.9. The van der Waals surface area contributed by atoms with Crippen LogP contribution in [0.5, 0.6) is 5.75 Å². The van der Waals surface area contributed by atoms with Crippen LogP contribution in [-0.4, -0.2) is 33.5 Å². The molecule has 0 fully saturated rings. The van der Waals surface area contributed by atoms with E-state index in [4.69, 9.17) is 4.74 Å². The van der Waals surface area contributed by atoms with Gasteiger partial charge in [-0.1, -0.05) is 35.9 Å². The summed E-state index contributed by atoms with van der Waals surface area (Å²) in [5, 5.41) is 2.92. The second kappa shape index (κ2) is 8.52. The van der Waals surface area contributed by atoms with Crippen molar-refractivity contribution in [3.63, 3.8) is 0 Å². The highest BCUT2D eigenvalue weighted by Crippen LogP contribution is 2.37. The van der Waals surface area contributed by atoms with Gasteiger partial charge in [0.25, 0.3) is 15.9 Å². The Labute approximate surface area is 177 Å². The zero-order chi connectivity index (χ0) is 21.1. The number of nitrogens with one attached hydrogen (secondary N) is 1. The first-order valence-corrected chi connectivity index (χ1v) is 11.7. The van der Waals surface area contributed by atoms with Crippen molar-refractivity contribution in [2.75, 3.05) is 17.4 Å². The first-order valence-electron chi connectivity index (χ1n) is 10.3. The molecule has 0 aromatic heterocycles. The van der Waals surface area contributed by atoms with Gasteiger partial charge in [-0.15, -0.1) is 0 Å². The second-order valence-corrected chi connectivity index (χ2v) is 9.62. The Morgan fingerprint density at radius 1 is 1.17 bits per heavy atom. The Balaban J connectivity index is 1.60. The van der Waals surface area contributed by atoms with Crippen molar-refractivity contribution in [1.29, 1.82) is 0 Å². The minimum atomic E-state index is -3.83. The molecule has 4 rings (SSSR count). The van der Waals surface area contributed by atoms with Gasteiger partial charge in [-0.25, -0.2) is 8.42 Å². The lowest BCUT2D eigenvalue weighted by atomic mass is 10.00. The van der Waals surface area contributed by atoms with Gasteiger partial charge in [0.1, 0.15) is 5.75 Å². The highest BCUT2D eigenvalue weighted by atomic mass is 32.2. The predicted octanol–water partition coefficient (Wildman–Crippen LogP) is 3.57. The van der Waals surface area contributed by atoms with Crippen molar-refractivity contribution in [2.45, 2.75) is 43.6 Å². The quantitative estimate of drug-likeness (QED) is 0.742. The van der Waals surface area contributed by atoms with Crippen molar-refractivity contribution < 1.29 is 17.9 Å². The molecule has 0 bridgehead atoms. The molecule has 2 aliphatic rings. The number of rotatable bonds is 5. The van der Waals surface area contributed by atoms with Crippen molar-refractivity contribution >= 4 is 21.6 Å². The van der Waals surface area contributed by atoms with Crippen LogP contribution in [0, 0.1) is 6.92 Å². The van der Waals surface area contributed by atoms with Crippen LogP contribution in [0.25, 0.3) is 0 Å². The fraction of sp³-hybridized carbons (Fsp3) is 0.348. The van der Waals surface area contributed by atoms with E-state index in [2.05, 4.69) is 11.4 Å². The van der Waals surface area contributed by atoms with E-state index >= 15 is 0 Å². The molecule has 2 aromatic rings. The highest BCUT2D eigenvalue weighted by Gasteiger charge is 2.37. The average Bonchev–Trinajstić information content (AvgIpc) is 2.78. The third-order valence-corrected chi connectivity index (χ3v) is 7.28. The van der Waals surface area contributed by atoms with Crippen LogP contribution in [0.1, 0.15) is 31.2 Å². The van der Waals surface area contributed by atoms with Gasteiger partial charge in [-0.05, 0) is 62.4 Å².